The van der Waals surface area contributed by atoms with E-state index in [4.69, 9.17) is 14.2 Å². The van der Waals surface area contributed by atoms with E-state index >= 15 is 0 Å². The van der Waals surface area contributed by atoms with E-state index in [1.165, 1.54) is 9.80 Å². The van der Waals surface area contributed by atoms with Crippen LogP contribution < -0.4 is 10.1 Å². The lowest BCUT2D eigenvalue weighted by Gasteiger charge is -2.43. The van der Waals surface area contributed by atoms with Crippen LogP contribution in [0.1, 0.15) is 48.5 Å². The van der Waals surface area contributed by atoms with Crippen molar-refractivity contribution in [1.82, 2.24) is 9.80 Å². The lowest BCUT2D eigenvalue weighted by atomic mass is 9.81. The maximum absolute atomic E-state index is 13.8. The highest BCUT2D eigenvalue weighted by Gasteiger charge is 2.57. The van der Waals surface area contributed by atoms with Gasteiger partial charge < -0.3 is 24.4 Å². The van der Waals surface area contributed by atoms with Crippen LogP contribution in [0.5, 0.6) is 5.75 Å². The second-order valence-corrected chi connectivity index (χ2v) is 10.0. The molecule has 4 atom stereocenters. The molecule has 10 nitrogen and oxygen atoms in total. The summed E-state index contributed by atoms with van der Waals surface area (Å²) >= 11 is 0. The number of amides is 4. The van der Waals surface area contributed by atoms with E-state index in [1.54, 1.807) is 62.6 Å². The Labute approximate surface area is 227 Å². The van der Waals surface area contributed by atoms with E-state index in [1.807, 2.05) is 0 Å². The summed E-state index contributed by atoms with van der Waals surface area (Å²) in [5, 5.41) is 2.77. The second kappa shape index (κ2) is 11.4. The normalized spacial score (nSPS) is 24.2. The number of benzene rings is 2. The average molecular weight is 536 g/mol. The molecule has 4 unspecified atom stereocenters. The molecule has 0 radical (unpaired) electrons. The zero-order chi connectivity index (χ0) is 27.5. The molecule has 39 heavy (non-hydrogen) atoms. The average Bonchev–Trinajstić information content (AvgIpc) is 3.34. The second-order valence-electron chi connectivity index (χ2n) is 10.0. The third-order valence-corrected chi connectivity index (χ3v) is 7.68. The molecule has 3 aliphatic rings. The van der Waals surface area contributed by atoms with Gasteiger partial charge in [-0.2, -0.15) is 0 Å². The third-order valence-electron chi connectivity index (χ3n) is 7.68. The Bertz CT molecular complexity index is 1250. The van der Waals surface area contributed by atoms with Crippen molar-refractivity contribution in [3.8, 4) is 5.75 Å². The monoisotopic (exact) mass is 535 g/mol. The summed E-state index contributed by atoms with van der Waals surface area (Å²) in [7, 11) is 1.57. The summed E-state index contributed by atoms with van der Waals surface area (Å²) in [6, 6.07) is 12.6. The fourth-order valence-electron chi connectivity index (χ4n) is 5.86. The SMILES string of the molecule is CCOC(=O)c1ccccc1NC(=O)CN1C(=O)N(Cc2ccc(OC)cc2)C(=O)C2OC3CCCCC3C21. The number of nitrogens with one attached hydrogen (secondary N) is 1. The molecular weight excluding hydrogens is 502 g/mol. The van der Waals surface area contributed by atoms with Crippen molar-refractivity contribution in [2.75, 3.05) is 25.6 Å². The first-order valence-electron chi connectivity index (χ1n) is 13.4. The minimum absolute atomic E-state index is 0.0144. The molecule has 0 aromatic heterocycles. The molecule has 1 saturated carbocycles. The summed E-state index contributed by atoms with van der Waals surface area (Å²) in [6.07, 6.45) is 2.69. The third kappa shape index (κ3) is 5.34. The number of methoxy groups -OCH3 is 1. The minimum atomic E-state index is -0.825. The van der Waals surface area contributed by atoms with Gasteiger partial charge in [0.25, 0.3) is 5.91 Å². The van der Waals surface area contributed by atoms with Crippen molar-refractivity contribution < 1.29 is 33.4 Å². The van der Waals surface area contributed by atoms with E-state index in [0.717, 1.165) is 31.2 Å². The summed E-state index contributed by atoms with van der Waals surface area (Å²) in [5.74, 6) is -0.747. The molecular formula is C29H33N3O7. The number of imide groups is 1. The van der Waals surface area contributed by atoms with Crippen LogP contribution in [0.4, 0.5) is 10.5 Å². The first kappa shape index (κ1) is 26.7. The number of anilines is 1. The zero-order valence-electron chi connectivity index (χ0n) is 22.1. The number of fused-ring (bicyclic) bond motifs is 3. The van der Waals surface area contributed by atoms with Crippen molar-refractivity contribution in [2.24, 2.45) is 5.92 Å². The molecule has 2 aromatic rings. The highest BCUT2D eigenvalue weighted by atomic mass is 16.5. The number of hydrogen-bond donors (Lipinski definition) is 1. The lowest BCUT2D eigenvalue weighted by molar-refractivity contribution is -0.147. The number of ether oxygens (including phenoxy) is 3. The van der Waals surface area contributed by atoms with Gasteiger partial charge >= 0.3 is 12.0 Å². The number of carbonyl (C=O) groups excluding carboxylic acids is 4. The number of esters is 1. The molecule has 0 spiro atoms. The van der Waals surface area contributed by atoms with Crippen LogP contribution in [0.15, 0.2) is 48.5 Å². The predicted octanol–water partition coefficient (Wildman–Crippen LogP) is 3.60. The summed E-state index contributed by atoms with van der Waals surface area (Å²) < 4.78 is 16.6. The molecule has 2 heterocycles. The van der Waals surface area contributed by atoms with Gasteiger partial charge in [0.1, 0.15) is 12.3 Å². The molecule has 2 aromatic carbocycles. The zero-order valence-corrected chi connectivity index (χ0v) is 22.1. The van der Waals surface area contributed by atoms with Crippen LogP contribution in [0.25, 0.3) is 0 Å². The Kier molecular flexibility index (Phi) is 7.83. The Morgan fingerprint density at radius 3 is 2.54 bits per heavy atom. The van der Waals surface area contributed by atoms with Gasteiger partial charge in [-0.3, -0.25) is 14.5 Å². The fraction of sp³-hybridized carbons (Fsp3) is 0.448. The van der Waals surface area contributed by atoms with Gasteiger partial charge in [0.05, 0.1) is 43.7 Å². The van der Waals surface area contributed by atoms with Crippen molar-refractivity contribution in [2.45, 2.75) is 57.4 Å². The number of carbonyl (C=O) groups is 4. The predicted molar refractivity (Wildman–Crippen MR) is 141 cm³/mol. The van der Waals surface area contributed by atoms with Crippen LogP contribution in [0, 0.1) is 5.92 Å². The van der Waals surface area contributed by atoms with Crippen LogP contribution in [0.3, 0.4) is 0 Å². The first-order chi connectivity index (χ1) is 18.9. The number of para-hydroxylation sites is 1. The standard InChI is InChI=1S/C29H33N3O7/c1-3-38-28(35)20-8-4-6-10-22(20)30-24(33)17-31-25-21-9-5-7-11-23(21)39-26(25)27(34)32(29(31)36)16-18-12-14-19(37-2)15-13-18/h4,6,8,10,12-15,21,23,25-26H,3,5,7,9,11,16-17H2,1-2H3,(H,30,33). The van der Waals surface area contributed by atoms with Crippen LogP contribution in [0.2, 0.25) is 0 Å². The van der Waals surface area contributed by atoms with E-state index in [-0.39, 0.29) is 43.2 Å². The van der Waals surface area contributed by atoms with Crippen molar-refractivity contribution in [3.63, 3.8) is 0 Å². The summed E-state index contributed by atoms with van der Waals surface area (Å²) in [6.45, 7) is 1.68. The smallest absolute Gasteiger partial charge is 0.340 e. The Balaban J connectivity index is 1.40. The lowest BCUT2D eigenvalue weighted by Crippen LogP contribution is -2.65. The first-order valence-corrected chi connectivity index (χ1v) is 13.4. The highest BCUT2D eigenvalue weighted by molar-refractivity contribution is 6.04. The molecule has 1 N–H and O–H groups in total. The molecule has 3 fully saturated rings. The molecule has 5 rings (SSSR count). The van der Waals surface area contributed by atoms with Gasteiger partial charge in [-0.25, -0.2) is 9.59 Å². The quantitative estimate of drug-likeness (QED) is 0.514. The maximum Gasteiger partial charge on any atom is 0.340 e. The minimum Gasteiger partial charge on any atom is -0.497 e. The van der Waals surface area contributed by atoms with Crippen LogP contribution >= 0.6 is 0 Å². The number of urea groups is 1. The summed E-state index contributed by atoms with van der Waals surface area (Å²) in [4.78, 5) is 55.7. The van der Waals surface area contributed by atoms with Gasteiger partial charge in [-0.05, 0) is 49.6 Å². The Hall–Kier alpha value is -3.92. The number of hydrogen-bond acceptors (Lipinski definition) is 7. The van der Waals surface area contributed by atoms with Gasteiger partial charge in [-0.15, -0.1) is 0 Å². The molecule has 1 aliphatic carbocycles. The molecule has 4 amide bonds. The largest absolute Gasteiger partial charge is 0.497 e. The van der Waals surface area contributed by atoms with Gasteiger partial charge in [0.15, 0.2) is 6.10 Å². The van der Waals surface area contributed by atoms with Crippen molar-refractivity contribution in [1.29, 1.82) is 0 Å². The molecule has 2 saturated heterocycles. The van der Waals surface area contributed by atoms with E-state index in [0.29, 0.717) is 11.4 Å². The molecule has 206 valence electrons. The van der Waals surface area contributed by atoms with E-state index in [2.05, 4.69) is 5.32 Å². The Morgan fingerprint density at radius 1 is 1.05 bits per heavy atom. The van der Waals surface area contributed by atoms with E-state index in [9.17, 15) is 19.2 Å². The summed E-state index contributed by atoms with van der Waals surface area (Å²) in [5.41, 5.74) is 1.27. The fourth-order valence-corrected chi connectivity index (χ4v) is 5.86. The van der Waals surface area contributed by atoms with Gasteiger partial charge in [0, 0.05) is 5.92 Å². The number of nitrogens with zero attached hydrogens (tertiary/aromatic N) is 2. The molecule has 10 heteroatoms. The van der Waals surface area contributed by atoms with Crippen LogP contribution in [-0.4, -0.2) is 72.1 Å². The van der Waals surface area contributed by atoms with E-state index < -0.39 is 30.1 Å². The Morgan fingerprint density at radius 2 is 1.79 bits per heavy atom. The molecule has 0 bridgehead atoms. The van der Waals surface area contributed by atoms with Crippen LogP contribution in [-0.2, 0) is 25.6 Å². The topological polar surface area (TPSA) is 114 Å². The van der Waals surface area contributed by atoms with Gasteiger partial charge in [-0.1, -0.05) is 37.1 Å². The number of rotatable bonds is 8. The molecule has 2 aliphatic heterocycles. The maximum atomic E-state index is 13.8. The highest BCUT2D eigenvalue weighted by Crippen LogP contribution is 2.43. The van der Waals surface area contributed by atoms with Crippen molar-refractivity contribution >= 4 is 29.5 Å². The van der Waals surface area contributed by atoms with Gasteiger partial charge in [0.2, 0.25) is 5.91 Å². The van der Waals surface area contributed by atoms with Crippen molar-refractivity contribution in [3.05, 3.63) is 59.7 Å².